The number of phenolic OH excluding ortho intramolecular Hbond substituents is 3. The molecule has 93 heavy (non-hydrogen) atoms. The van der Waals surface area contributed by atoms with E-state index in [0.29, 0.717) is 58.8 Å². The lowest BCUT2D eigenvalue weighted by atomic mass is 9.51. The van der Waals surface area contributed by atoms with Crippen molar-refractivity contribution in [3.63, 3.8) is 0 Å². The van der Waals surface area contributed by atoms with Crippen molar-refractivity contribution in [3.05, 3.63) is 189 Å². The Hall–Kier alpha value is -5.49. The molecule has 0 radical (unpaired) electrons. The van der Waals surface area contributed by atoms with Crippen molar-refractivity contribution in [2.24, 2.45) is 40.9 Å². The third-order valence-electron chi connectivity index (χ3n) is 23.6. The molecule has 0 saturated heterocycles. The highest BCUT2D eigenvalue weighted by Gasteiger charge is 2.62. The van der Waals surface area contributed by atoms with Crippen LogP contribution < -0.4 is 14.8 Å². The summed E-state index contributed by atoms with van der Waals surface area (Å²) in [6.07, 6.45) is 19.2. The number of aryl methyl sites for hydroxylation is 1. The van der Waals surface area contributed by atoms with Gasteiger partial charge in [-0.15, -0.1) is 0 Å². The minimum Gasteiger partial charge on any atom is -0.507 e. The monoisotopic (exact) mass is 1330 g/mol. The number of Topliss-reactive ketones (excluding diaryl/α,β-unsaturated/α-hetero) is 1. The van der Waals surface area contributed by atoms with Crippen LogP contribution in [0.4, 0.5) is 0 Å². The summed E-state index contributed by atoms with van der Waals surface area (Å²) in [5.74, 6) is -0.345. The number of carbonyl (C=O) groups excluding carboxylic acids is 1. The van der Waals surface area contributed by atoms with E-state index < -0.39 is 52.1 Å². The third kappa shape index (κ3) is 11.8. The number of aromatic amines is 1. The quantitative estimate of drug-likeness (QED) is 0.0605. The number of benzene rings is 6. The summed E-state index contributed by atoms with van der Waals surface area (Å²) in [5, 5.41) is 82.4. The molecule has 490 valence electrons. The number of nitrogens with one attached hydrogen (secondary N) is 2. The fraction of sp³-hybridized carbons (Fsp3) is 0.474. The highest BCUT2D eigenvalue weighted by atomic mass is 33.1. The van der Waals surface area contributed by atoms with Gasteiger partial charge in [-0.25, -0.2) is 0 Å². The van der Waals surface area contributed by atoms with Gasteiger partial charge in [-0.3, -0.25) is 4.79 Å². The van der Waals surface area contributed by atoms with E-state index in [1.807, 2.05) is 60.6 Å². The Kier molecular flexibility index (Phi) is 19.0. The number of methoxy groups -OCH3 is 1. The molecule has 7 aliphatic rings. The van der Waals surface area contributed by atoms with E-state index in [2.05, 4.69) is 90.0 Å². The first-order valence-corrected chi connectivity index (χ1v) is 39.0. The normalized spacial score (nSPS) is 30.3. The molecular formula is C78H90N2O9S4. The maximum Gasteiger partial charge on any atom is 0.164 e. The Morgan fingerprint density at radius 2 is 1.58 bits per heavy atom. The molecule has 8 N–H and O–H groups in total. The van der Waals surface area contributed by atoms with Crippen molar-refractivity contribution < 1.29 is 44.9 Å². The second-order valence-electron chi connectivity index (χ2n) is 28.3. The Morgan fingerprint density at radius 1 is 0.774 bits per heavy atom. The topological polar surface area (TPSA) is 185 Å². The van der Waals surface area contributed by atoms with Crippen LogP contribution in [0, 0.1) is 40.9 Å². The van der Waals surface area contributed by atoms with Crippen LogP contribution in [0.25, 0.3) is 16.8 Å². The molecule has 3 heterocycles. The highest BCUT2D eigenvalue weighted by molar-refractivity contribution is 8.77. The summed E-state index contributed by atoms with van der Waals surface area (Å²) in [4.78, 5) is 21.3. The molecule has 2 aliphatic heterocycles. The zero-order valence-electron chi connectivity index (χ0n) is 53.7. The number of ketones is 1. The summed E-state index contributed by atoms with van der Waals surface area (Å²) in [6, 6.07) is 36.4. The maximum atomic E-state index is 18.1. The van der Waals surface area contributed by atoms with E-state index in [1.54, 1.807) is 57.7 Å². The number of H-pyrrole nitrogens is 1. The second kappa shape index (κ2) is 27.2. The maximum absolute atomic E-state index is 18.1. The van der Waals surface area contributed by atoms with Crippen molar-refractivity contribution in [2.45, 2.75) is 150 Å². The minimum absolute atomic E-state index is 0.00345. The lowest BCUT2D eigenvalue weighted by molar-refractivity contribution is -0.150. The van der Waals surface area contributed by atoms with Crippen LogP contribution in [0.15, 0.2) is 128 Å². The Morgan fingerprint density at radius 3 is 2.37 bits per heavy atom. The van der Waals surface area contributed by atoms with Crippen molar-refractivity contribution in [2.75, 3.05) is 38.0 Å². The SMILES string of the molecule is CCc1ccc2cccc3c2c1Cc1c(ccc(O)c1OC)C[C@@H](Cc1cc[nH]c1)[C@H](O)[C@@H]1C(=O)[C@@](c2cc(O)c4c(c2)[C@@]2(NC)CCC[C@@H](Cc5ccccc5)[C@H]2C=C4)([C@@H]2CSSC[C@H]4CC5(CCCC5)CC[C@@H]4Oc4cc2ccc4O)[C@@H](O)C[C@H]1CSS[C@H]3CO. The predicted octanol–water partition coefficient (Wildman–Crippen LogP) is 15.5. The van der Waals surface area contributed by atoms with Crippen LogP contribution in [0.1, 0.15) is 150 Å². The number of hydrogen-bond acceptors (Lipinski definition) is 14. The molecule has 11 nitrogen and oxygen atoms in total. The average Bonchev–Trinajstić information content (AvgIpc) is 0.737. The fourth-order valence-electron chi connectivity index (χ4n) is 19.0. The van der Waals surface area contributed by atoms with Gasteiger partial charge >= 0.3 is 0 Å². The number of carbonyl (C=O) groups is 1. The van der Waals surface area contributed by atoms with Crippen molar-refractivity contribution >= 4 is 65.8 Å². The first kappa shape index (κ1) is 64.8. The van der Waals surface area contributed by atoms with Gasteiger partial charge in [0.1, 0.15) is 11.9 Å². The van der Waals surface area contributed by atoms with Crippen LogP contribution in [-0.4, -0.2) is 97.7 Å². The number of fused-ring (bicyclic) bond motifs is 8. The summed E-state index contributed by atoms with van der Waals surface area (Å²) < 4.78 is 13.3. The first-order valence-electron chi connectivity index (χ1n) is 34.2. The zero-order valence-corrected chi connectivity index (χ0v) is 57.0. The van der Waals surface area contributed by atoms with Gasteiger partial charge in [0.25, 0.3) is 0 Å². The molecule has 7 aromatic rings. The molecule has 14 rings (SSSR count). The van der Waals surface area contributed by atoms with Gasteiger partial charge in [-0.2, -0.15) is 0 Å². The molecule has 1 aromatic heterocycles. The van der Waals surface area contributed by atoms with Gasteiger partial charge in [0.2, 0.25) is 0 Å². The summed E-state index contributed by atoms with van der Waals surface area (Å²) in [7, 11) is 10.3. The van der Waals surface area contributed by atoms with Crippen molar-refractivity contribution in [1.29, 1.82) is 0 Å². The van der Waals surface area contributed by atoms with E-state index in [0.717, 1.165) is 112 Å². The molecule has 13 atom stereocenters. The van der Waals surface area contributed by atoms with Crippen LogP contribution in [0.3, 0.4) is 0 Å². The van der Waals surface area contributed by atoms with Crippen LogP contribution in [0.2, 0.25) is 0 Å². The largest absolute Gasteiger partial charge is 0.507 e. The standard InChI is InChI=1S/C78H90N2O9S4/c1-4-48-17-18-49-14-10-16-58-69(42-81)93-92-43-54-36-70(85)78(63-45-91-90-44-55-40-76(27-8-9-28-76)30-25-67(55)89-68-35-52(63)20-23-64(68)82,56-37-62-57(66(84)38-56)21-22-61-51(15-11-29-77(61,62)79-2)32-46-12-6-5-7-13-46)75(87)72(54)73(86)53(33-47-26-31-80-41-47)34-50-19-24-65(83)74(88-3)60(50)39-59(48)71(49)58/h5-7,10,12-14,16-24,26,31,35,37-38,41,51,53-55,61,63,67,69-70,72-73,79-86H,4,8-9,11,15,25,27-30,32-34,36,39-40,42-45H2,1-3H3/t51-,53+,54-,55+,61+,63+,67-,69-,70-,72+,73-,77+,78-/m0/s1. The number of aliphatic hydroxyl groups excluding tert-OH is 3. The zero-order chi connectivity index (χ0) is 64.2. The van der Waals surface area contributed by atoms with Crippen LogP contribution in [-0.2, 0) is 47.9 Å². The lowest BCUT2D eigenvalue weighted by Crippen LogP contribution is -2.63. The second-order valence-corrected chi connectivity index (χ2v) is 33.4. The molecule has 15 heteroatoms. The van der Waals surface area contributed by atoms with Crippen molar-refractivity contribution in [1.82, 2.24) is 10.3 Å². The Bertz CT molecular complexity index is 3870. The minimum atomic E-state index is -1.79. The van der Waals surface area contributed by atoms with E-state index in [-0.39, 0.29) is 59.9 Å². The number of aliphatic hydroxyl groups is 3. The highest BCUT2D eigenvalue weighted by Crippen LogP contribution is 2.61. The van der Waals surface area contributed by atoms with Crippen molar-refractivity contribution in [3.8, 4) is 28.7 Å². The number of rotatable bonds is 10. The van der Waals surface area contributed by atoms with Gasteiger partial charge < -0.3 is 50.4 Å². The van der Waals surface area contributed by atoms with Crippen LogP contribution in [0.5, 0.6) is 28.7 Å². The van der Waals surface area contributed by atoms with E-state index in [9.17, 15) is 30.6 Å². The predicted molar refractivity (Wildman–Crippen MR) is 380 cm³/mol. The van der Waals surface area contributed by atoms with Crippen LogP contribution >= 0.6 is 43.2 Å². The number of aromatic hydroxyl groups is 3. The summed E-state index contributed by atoms with van der Waals surface area (Å²) in [6.45, 7) is 1.99. The Labute approximate surface area is 563 Å². The number of phenols is 3. The smallest absolute Gasteiger partial charge is 0.164 e. The molecule has 1 spiro atoms. The van der Waals surface area contributed by atoms with Gasteiger partial charge in [0.05, 0.1) is 42.1 Å². The first-order chi connectivity index (χ1) is 45.3. The van der Waals surface area contributed by atoms with Gasteiger partial charge in [0, 0.05) is 70.9 Å². The molecule has 4 fully saturated rings. The molecule has 6 aromatic carbocycles. The molecule has 2 bridgehead atoms. The summed E-state index contributed by atoms with van der Waals surface area (Å²) >= 11 is 0. The third-order valence-corrected chi connectivity index (χ3v) is 28.9. The molecule has 0 amide bonds. The number of hydrogen-bond donors (Lipinski definition) is 8. The molecule has 5 aliphatic carbocycles. The van der Waals surface area contributed by atoms with Gasteiger partial charge in [0.15, 0.2) is 28.8 Å². The van der Waals surface area contributed by atoms with E-state index in [4.69, 9.17) is 9.47 Å². The fourth-order valence-corrected chi connectivity index (χ4v) is 24.7. The number of ether oxygens (including phenoxy) is 2. The molecule has 4 saturated carbocycles. The van der Waals surface area contributed by atoms with E-state index >= 15 is 4.79 Å². The van der Waals surface area contributed by atoms with E-state index in [1.165, 1.54) is 31.2 Å². The molecule has 0 unspecified atom stereocenters. The lowest BCUT2D eigenvalue weighted by Gasteiger charge is -2.54. The summed E-state index contributed by atoms with van der Waals surface area (Å²) in [5.41, 5.74) is 7.82. The Balaban J connectivity index is 0.961. The number of aromatic nitrogens is 1. The van der Waals surface area contributed by atoms with Gasteiger partial charge in [-0.1, -0.05) is 160 Å². The molecular weight excluding hydrogens is 1240 g/mol. The average molecular weight is 1330 g/mol. The van der Waals surface area contributed by atoms with Gasteiger partial charge in [-0.05, 0) is 198 Å².